The second-order valence-corrected chi connectivity index (χ2v) is 7.21. The van der Waals surface area contributed by atoms with E-state index in [2.05, 4.69) is 0 Å². The van der Waals surface area contributed by atoms with Gasteiger partial charge in [-0.3, -0.25) is 4.90 Å². The van der Waals surface area contributed by atoms with Crippen LogP contribution in [-0.4, -0.2) is 71.8 Å². The van der Waals surface area contributed by atoms with Gasteiger partial charge in [0.05, 0.1) is 31.8 Å². The Labute approximate surface area is 123 Å². The van der Waals surface area contributed by atoms with E-state index in [-0.39, 0.29) is 30.8 Å². The number of carbonyl (C=O) groups excluding carboxylic acids is 1. The highest BCUT2D eigenvalue weighted by molar-refractivity contribution is 5.68. The molecule has 0 spiro atoms. The van der Waals surface area contributed by atoms with Crippen molar-refractivity contribution >= 4 is 6.09 Å². The van der Waals surface area contributed by atoms with Crippen LogP contribution in [0.3, 0.4) is 0 Å². The van der Waals surface area contributed by atoms with Crippen molar-refractivity contribution < 1.29 is 23.0 Å². The maximum absolute atomic E-state index is 14.0. The van der Waals surface area contributed by atoms with Crippen molar-refractivity contribution in [3.63, 3.8) is 0 Å². The molecule has 4 aliphatic rings. The minimum absolute atomic E-state index is 0.0476. The van der Waals surface area contributed by atoms with Gasteiger partial charge in [0.1, 0.15) is 0 Å². The first-order valence-electron chi connectivity index (χ1n) is 7.39. The lowest BCUT2D eigenvalue weighted by Gasteiger charge is -2.46. The Morgan fingerprint density at radius 3 is 2.29 bits per heavy atom. The lowest BCUT2D eigenvalue weighted by molar-refractivity contribution is -0.178. The summed E-state index contributed by atoms with van der Waals surface area (Å²) < 4.78 is 38.6. The van der Waals surface area contributed by atoms with Crippen LogP contribution in [0, 0.1) is 0 Å². The molecule has 4 saturated heterocycles. The maximum Gasteiger partial charge on any atom is 0.410 e. The SMILES string of the molecule is CC(C)(C)N1CC(OC(=O)N2CC3CC(C2)O3)C(F)(F)C1. The predicted octanol–water partition coefficient (Wildman–Crippen LogP) is 1.71. The van der Waals surface area contributed by atoms with Crippen LogP contribution in [0.2, 0.25) is 0 Å². The van der Waals surface area contributed by atoms with Gasteiger partial charge in [-0.25, -0.2) is 13.6 Å². The fraction of sp³-hybridized carbons (Fsp3) is 0.929. The van der Waals surface area contributed by atoms with Gasteiger partial charge in [-0.2, -0.15) is 0 Å². The number of fused-ring (bicyclic) bond motifs is 2. The smallest absolute Gasteiger partial charge is 0.410 e. The zero-order chi connectivity index (χ0) is 15.4. The van der Waals surface area contributed by atoms with Gasteiger partial charge in [-0.1, -0.05) is 0 Å². The van der Waals surface area contributed by atoms with Crippen LogP contribution in [0.25, 0.3) is 0 Å². The maximum atomic E-state index is 14.0. The zero-order valence-corrected chi connectivity index (χ0v) is 12.6. The zero-order valence-electron chi connectivity index (χ0n) is 12.6. The number of hydrogen-bond donors (Lipinski definition) is 0. The number of carbonyl (C=O) groups is 1. The number of amides is 1. The summed E-state index contributed by atoms with van der Waals surface area (Å²) in [5.74, 6) is -3.00. The van der Waals surface area contributed by atoms with E-state index in [1.165, 1.54) is 4.90 Å². The van der Waals surface area contributed by atoms with Gasteiger partial charge in [0.15, 0.2) is 6.10 Å². The first-order valence-corrected chi connectivity index (χ1v) is 7.39. The molecule has 0 aromatic heterocycles. The van der Waals surface area contributed by atoms with Crippen molar-refractivity contribution in [2.24, 2.45) is 0 Å². The molecule has 5 nitrogen and oxygen atoms in total. The first kappa shape index (κ1) is 15.0. The number of rotatable bonds is 1. The van der Waals surface area contributed by atoms with Crippen LogP contribution in [0.5, 0.6) is 0 Å². The van der Waals surface area contributed by atoms with Crippen LogP contribution in [0.1, 0.15) is 27.2 Å². The highest BCUT2D eigenvalue weighted by atomic mass is 19.3. The molecule has 4 rings (SSSR count). The molecule has 21 heavy (non-hydrogen) atoms. The normalized spacial score (nSPS) is 35.5. The van der Waals surface area contributed by atoms with E-state index in [0.717, 1.165) is 6.42 Å². The molecule has 4 heterocycles. The summed E-state index contributed by atoms with van der Waals surface area (Å²) in [6.45, 7) is 6.21. The van der Waals surface area contributed by atoms with E-state index in [1.807, 2.05) is 20.8 Å². The number of halogens is 2. The fourth-order valence-corrected chi connectivity index (χ4v) is 3.09. The van der Waals surface area contributed by atoms with Gasteiger partial charge in [-0.15, -0.1) is 0 Å². The summed E-state index contributed by atoms with van der Waals surface area (Å²) >= 11 is 0. The van der Waals surface area contributed by atoms with Crippen LogP contribution in [0.4, 0.5) is 13.6 Å². The summed E-state index contributed by atoms with van der Waals surface area (Å²) in [5, 5.41) is 0. The number of ether oxygens (including phenoxy) is 2. The number of alkyl halides is 2. The minimum Gasteiger partial charge on any atom is -0.438 e. The van der Waals surface area contributed by atoms with Crippen molar-refractivity contribution in [1.29, 1.82) is 0 Å². The standard InChI is InChI=1S/C14H22F2N2O3/c1-13(2,3)18-7-11(14(15,16)8-18)21-12(19)17-5-9-4-10(6-17)20-9/h9-11H,4-8H2,1-3H3. The van der Waals surface area contributed by atoms with Crippen molar-refractivity contribution in [3.8, 4) is 0 Å². The molecule has 0 saturated carbocycles. The Hall–Kier alpha value is -0.950. The summed E-state index contributed by atoms with van der Waals surface area (Å²) in [6.07, 6.45) is -0.976. The van der Waals surface area contributed by atoms with Crippen molar-refractivity contribution in [2.45, 2.75) is 57.0 Å². The third kappa shape index (κ3) is 2.85. The molecule has 4 fully saturated rings. The van der Waals surface area contributed by atoms with E-state index in [1.54, 1.807) is 4.90 Å². The second kappa shape index (κ2) is 4.78. The van der Waals surface area contributed by atoms with E-state index in [9.17, 15) is 13.6 Å². The Morgan fingerprint density at radius 2 is 1.81 bits per heavy atom. The van der Waals surface area contributed by atoms with E-state index >= 15 is 0 Å². The number of morpholine rings is 1. The van der Waals surface area contributed by atoms with Crippen molar-refractivity contribution in [1.82, 2.24) is 9.80 Å². The van der Waals surface area contributed by atoms with Crippen LogP contribution < -0.4 is 0 Å². The monoisotopic (exact) mass is 304 g/mol. The highest BCUT2D eigenvalue weighted by Gasteiger charge is 2.53. The summed E-state index contributed by atoms with van der Waals surface area (Å²) in [6, 6.07) is 0. The van der Waals surface area contributed by atoms with Crippen molar-refractivity contribution in [2.75, 3.05) is 26.2 Å². The lowest BCUT2D eigenvalue weighted by atomic mass is 9.99. The largest absolute Gasteiger partial charge is 0.438 e. The summed E-state index contributed by atoms with van der Waals surface area (Å²) in [5.41, 5.74) is -0.370. The van der Waals surface area contributed by atoms with Crippen LogP contribution in [0.15, 0.2) is 0 Å². The first-order chi connectivity index (χ1) is 9.65. The number of nitrogens with zero attached hydrogens (tertiary/aromatic N) is 2. The highest BCUT2D eigenvalue weighted by Crippen LogP contribution is 2.35. The van der Waals surface area contributed by atoms with E-state index in [0.29, 0.717) is 13.1 Å². The van der Waals surface area contributed by atoms with Gasteiger partial charge >= 0.3 is 6.09 Å². The van der Waals surface area contributed by atoms with Gasteiger partial charge < -0.3 is 14.4 Å². The lowest BCUT2D eigenvalue weighted by Crippen LogP contribution is -2.59. The number of hydrogen-bond acceptors (Lipinski definition) is 4. The van der Waals surface area contributed by atoms with Gasteiger partial charge in [0.2, 0.25) is 0 Å². The molecule has 4 aliphatic heterocycles. The third-order valence-corrected chi connectivity index (χ3v) is 4.47. The molecule has 0 radical (unpaired) electrons. The topological polar surface area (TPSA) is 42.0 Å². The Balaban J connectivity index is 1.60. The molecule has 2 bridgehead atoms. The summed E-state index contributed by atoms with van der Waals surface area (Å²) in [7, 11) is 0. The number of likely N-dealkylation sites (tertiary alicyclic amines) is 1. The molecule has 3 unspecified atom stereocenters. The quantitative estimate of drug-likeness (QED) is 0.740. The molecular formula is C14H22F2N2O3. The average molecular weight is 304 g/mol. The Morgan fingerprint density at radius 1 is 1.24 bits per heavy atom. The molecule has 0 aliphatic carbocycles. The second-order valence-electron chi connectivity index (χ2n) is 7.21. The minimum atomic E-state index is -3.00. The molecule has 1 amide bonds. The molecule has 0 N–H and O–H groups in total. The van der Waals surface area contributed by atoms with E-state index in [4.69, 9.17) is 9.47 Å². The van der Waals surface area contributed by atoms with E-state index < -0.39 is 18.1 Å². The molecular weight excluding hydrogens is 282 g/mol. The predicted molar refractivity (Wildman–Crippen MR) is 71.4 cm³/mol. The molecule has 0 aromatic rings. The van der Waals surface area contributed by atoms with Gasteiger partial charge in [0.25, 0.3) is 5.92 Å². The summed E-state index contributed by atoms with van der Waals surface area (Å²) in [4.78, 5) is 15.2. The molecule has 0 aromatic carbocycles. The molecule has 7 heteroatoms. The van der Waals surface area contributed by atoms with Gasteiger partial charge in [-0.05, 0) is 20.8 Å². The van der Waals surface area contributed by atoms with Crippen LogP contribution in [-0.2, 0) is 9.47 Å². The van der Waals surface area contributed by atoms with Gasteiger partial charge in [0, 0.05) is 18.5 Å². The molecule has 120 valence electrons. The van der Waals surface area contributed by atoms with Crippen LogP contribution >= 0.6 is 0 Å². The number of piperidine rings is 1. The average Bonchev–Trinajstić information content (AvgIpc) is 2.64. The molecule has 3 atom stereocenters. The fourth-order valence-electron chi connectivity index (χ4n) is 3.09. The van der Waals surface area contributed by atoms with Crippen molar-refractivity contribution in [3.05, 3.63) is 0 Å². The Bertz CT molecular complexity index is 422. The Kier molecular flexibility index (Phi) is 3.40. The third-order valence-electron chi connectivity index (χ3n) is 4.47.